The number of phenols is 2. The molecule has 2 rings (SSSR count). The van der Waals surface area contributed by atoms with Crippen LogP contribution in [0.25, 0.3) is 0 Å². The lowest BCUT2D eigenvalue weighted by Gasteiger charge is -2.31. The fraction of sp³-hybridized carbons (Fsp3) is 0.625. The predicted octanol–water partition coefficient (Wildman–Crippen LogP) is 2.48. The molecule has 1 aliphatic heterocycles. The lowest BCUT2D eigenvalue weighted by atomic mass is 9.96. The number of benzene rings is 1. The Kier molecular flexibility index (Phi) is 5.26. The minimum absolute atomic E-state index is 0.0475. The number of nitrogens with zero attached hydrogens (tertiary/aromatic N) is 1. The third kappa shape index (κ3) is 3.87. The summed E-state index contributed by atoms with van der Waals surface area (Å²) in [6, 6.07) is 4.73. The standard InChI is InChI=1S/C16H26N2O2/c1-3-18-8-6-13(7-9-18)11-17-12(2)15-10-14(19)4-5-16(15)20/h4-5,10,12-13,17,19-20H,3,6-9,11H2,1-2H3. The van der Waals surface area contributed by atoms with Crippen LogP contribution in [0.3, 0.4) is 0 Å². The summed E-state index contributed by atoms with van der Waals surface area (Å²) in [7, 11) is 0. The molecule has 4 heteroatoms. The SMILES string of the molecule is CCN1CCC(CNC(C)c2cc(O)ccc2O)CC1. The Morgan fingerprint density at radius 2 is 2.00 bits per heavy atom. The molecule has 1 aromatic rings. The van der Waals surface area contributed by atoms with E-state index in [1.54, 1.807) is 12.1 Å². The summed E-state index contributed by atoms with van der Waals surface area (Å²) in [6.07, 6.45) is 2.47. The smallest absolute Gasteiger partial charge is 0.120 e. The van der Waals surface area contributed by atoms with Crippen molar-refractivity contribution in [2.75, 3.05) is 26.2 Å². The molecule has 3 N–H and O–H groups in total. The Labute approximate surface area is 121 Å². The summed E-state index contributed by atoms with van der Waals surface area (Å²) in [5.41, 5.74) is 0.760. The first kappa shape index (κ1) is 15.1. The van der Waals surface area contributed by atoms with Crippen molar-refractivity contribution in [2.24, 2.45) is 5.92 Å². The number of phenolic OH excluding ortho intramolecular Hbond substituents is 2. The second-order valence-corrected chi connectivity index (χ2v) is 5.75. The van der Waals surface area contributed by atoms with E-state index in [2.05, 4.69) is 17.1 Å². The highest BCUT2D eigenvalue weighted by Gasteiger charge is 2.19. The van der Waals surface area contributed by atoms with Crippen molar-refractivity contribution >= 4 is 0 Å². The zero-order valence-electron chi connectivity index (χ0n) is 12.5. The van der Waals surface area contributed by atoms with E-state index >= 15 is 0 Å². The topological polar surface area (TPSA) is 55.7 Å². The van der Waals surface area contributed by atoms with Gasteiger partial charge in [0.15, 0.2) is 0 Å². The Bertz CT molecular complexity index is 428. The minimum atomic E-state index is 0.0475. The summed E-state index contributed by atoms with van der Waals surface area (Å²) in [5.74, 6) is 1.14. The molecular weight excluding hydrogens is 252 g/mol. The predicted molar refractivity (Wildman–Crippen MR) is 81.0 cm³/mol. The van der Waals surface area contributed by atoms with E-state index in [0.29, 0.717) is 5.92 Å². The molecule has 0 saturated carbocycles. The first-order valence-corrected chi connectivity index (χ1v) is 7.57. The summed E-state index contributed by atoms with van der Waals surface area (Å²) < 4.78 is 0. The normalized spacial score (nSPS) is 19.1. The molecule has 0 aromatic heterocycles. The van der Waals surface area contributed by atoms with Gasteiger partial charge in [-0.2, -0.15) is 0 Å². The van der Waals surface area contributed by atoms with Gasteiger partial charge in [-0.3, -0.25) is 0 Å². The quantitative estimate of drug-likeness (QED) is 0.724. The summed E-state index contributed by atoms with van der Waals surface area (Å²) in [4.78, 5) is 2.49. The lowest BCUT2D eigenvalue weighted by molar-refractivity contribution is 0.188. The number of aromatic hydroxyl groups is 2. The van der Waals surface area contributed by atoms with Gasteiger partial charge in [0.2, 0.25) is 0 Å². The molecule has 112 valence electrons. The average molecular weight is 278 g/mol. The van der Waals surface area contributed by atoms with E-state index in [-0.39, 0.29) is 17.5 Å². The number of hydrogen-bond acceptors (Lipinski definition) is 4. The second kappa shape index (κ2) is 6.95. The van der Waals surface area contributed by atoms with E-state index in [1.807, 2.05) is 6.92 Å². The highest BCUT2D eigenvalue weighted by molar-refractivity contribution is 5.40. The maximum atomic E-state index is 9.85. The van der Waals surface area contributed by atoms with Gasteiger partial charge in [0.05, 0.1) is 0 Å². The molecule has 0 bridgehead atoms. The fourth-order valence-corrected chi connectivity index (χ4v) is 2.85. The van der Waals surface area contributed by atoms with E-state index in [4.69, 9.17) is 0 Å². The molecule has 1 heterocycles. The Morgan fingerprint density at radius 1 is 1.30 bits per heavy atom. The van der Waals surface area contributed by atoms with Gasteiger partial charge in [-0.15, -0.1) is 0 Å². The molecule has 0 amide bonds. The third-order valence-electron chi connectivity index (χ3n) is 4.34. The number of piperidine rings is 1. The van der Waals surface area contributed by atoms with Crippen LogP contribution in [0.15, 0.2) is 18.2 Å². The molecule has 0 aliphatic carbocycles. The van der Waals surface area contributed by atoms with Crippen molar-refractivity contribution in [3.63, 3.8) is 0 Å². The zero-order valence-corrected chi connectivity index (χ0v) is 12.5. The summed E-state index contributed by atoms with van der Waals surface area (Å²) >= 11 is 0. The van der Waals surface area contributed by atoms with Crippen molar-refractivity contribution in [3.05, 3.63) is 23.8 Å². The molecule has 1 atom stereocenters. The Balaban J connectivity index is 1.83. The van der Waals surface area contributed by atoms with Gasteiger partial charge in [-0.05, 0) is 70.1 Å². The lowest BCUT2D eigenvalue weighted by Crippen LogP contribution is -2.37. The number of nitrogens with one attached hydrogen (secondary N) is 1. The van der Waals surface area contributed by atoms with Crippen molar-refractivity contribution in [1.82, 2.24) is 10.2 Å². The molecular formula is C16H26N2O2. The van der Waals surface area contributed by atoms with E-state index in [1.165, 1.54) is 32.0 Å². The van der Waals surface area contributed by atoms with E-state index in [9.17, 15) is 10.2 Å². The van der Waals surface area contributed by atoms with Gasteiger partial charge in [-0.1, -0.05) is 6.92 Å². The van der Waals surface area contributed by atoms with Crippen molar-refractivity contribution in [3.8, 4) is 11.5 Å². The second-order valence-electron chi connectivity index (χ2n) is 5.75. The molecule has 0 radical (unpaired) electrons. The van der Waals surface area contributed by atoms with Gasteiger partial charge in [-0.25, -0.2) is 0 Å². The molecule has 1 fully saturated rings. The van der Waals surface area contributed by atoms with Crippen LogP contribution in [0, 0.1) is 5.92 Å². The molecule has 20 heavy (non-hydrogen) atoms. The molecule has 1 aliphatic rings. The monoisotopic (exact) mass is 278 g/mol. The maximum Gasteiger partial charge on any atom is 0.120 e. The van der Waals surface area contributed by atoms with E-state index < -0.39 is 0 Å². The van der Waals surface area contributed by atoms with Crippen LogP contribution in [0.5, 0.6) is 11.5 Å². The van der Waals surface area contributed by atoms with Gasteiger partial charge in [0.1, 0.15) is 11.5 Å². The van der Waals surface area contributed by atoms with Crippen LogP contribution in [-0.2, 0) is 0 Å². The Morgan fingerprint density at radius 3 is 2.65 bits per heavy atom. The highest BCUT2D eigenvalue weighted by atomic mass is 16.3. The van der Waals surface area contributed by atoms with Crippen LogP contribution in [0.2, 0.25) is 0 Å². The molecule has 0 spiro atoms. The van der Waals surface area contributed by atoms with Gasteiger partial charge in [0.25, 0.3) is 0 Å². The molecule has 4 nitrogen and oxygen atoms in total. The minimum Gasteiger partial charge on any atom is -0.508 e. The Hall–Kier alpha value is -1.26. The largest absolute Gasteiger partial charge is 0.508 e. The average Bonchev–Trinajstić information content (AvgIpc) is 2.47. The summed E-state index contributed by atoms with van der Waals surface area (Å²) in [6.45, 7) is 8.73. The van der Waals surface area contributed by atoms with Crippen LogP contribution in [-0.4, -0.2) is 41.3 Å². The molecule has 1 aromatic carbocycles. The number of rotatable bonds is 5. The van der Waals surface area contributed by atoms with Crippen molar-refractivity contribution in [1.29, 1.82) is 0 Å². The van der Waals surface area contributed by atoms with Gasteiger partial charge >= 0.3 is 0 Å². The fourth-order valence-electron chi connectivity index (χ4n) is 2.85. The zero-order chi connectivity index (χ0) is 14.5. The van der Waals surface area contributed by atoms with Gasteiger partial charge < -0.3 is 20.4 Å². The van der Waals surface area contributed by atoms with Crippen LogP contribution >= 0.6 is 0 Å². The van der Waals surface area contributed by atoms with Crippen LogP contribution < -0.4 is 5.32 Å². The molecule has 1 saturated heterocycles. The van der Waals surface area contributed by atoms with Crippen molar-refractivity contribution in [2.45, 2.75) is 32.7 Å². The number of likely N-dealkylation sites (tertiary alicyclic amines) is 1. The summed E-state index contributed by atoms with van der Waals surface area (Å²) in [5, 5.41) is 22.8. The van der Waals surface area contributed by atoms with Gasteiger partial charge in [0, 0.05) is 11.6 Å². The van der Waals surface area contributed by atoms with Crippen molar-refractivity contribution < 1.29 is 10.2 Å². The highest BCUT2D eigenvalue weighted by Crippen LogP contribution is 2.28. The van der Waals surface area contributed by atoms with Crippen LogP contribution in [0.4, 0.5) is 0 Å². The third-order valence-corrected chi connectivity index (χ3v) is 4.34. The first-order valence-electron chi connectivity index (χ1n) is 7.57. The van der Waals surface area contributed by atoms with Crippen LogP contribution in [0.1, 0.15) is 38.3 Å². The first-order chi connectivity index (χ1) is 9.60. The maximum absolute atomic E-state index is 9.85. The van der Waals surface area contributed by atoms with E-state index in [0.717, 1.165) is 18.7 Å². The number of hydrogen-bond donors (Lipinski definition) is 3. The molecule has 1 unspecified atom stereocenters.